The van der Waals surface area contributed by atoms with E-state index in [9.17, 15) is 18.0 Å². The van der Waals surface area contributed by atoms with Gasteiger partial charge in [0.25, 0.3) is 0 Å². The van der Waals surface area contributed by atoms with E-state index in [0.29, 0.717) is 29.1 Å². The van der Waals surface area contributed by atoms with Gasteiger partial charge in [-0.1, -0.05) is 29.7 Å². The van der Waals surface area contributed by atoms with Gasteiger partial charge in [0.2, 0.25) is 15.9 Å². The Hall–Kier alpha value is -2.86. The van der Waals surface area contributed by atoms with E-state index in [1.165, 1.54) is 40.7 Å². The Balaban J connectivity index is 1.92. The van der Waals surface area contributed by atoms with Crippen LogP contribution in [0.25, 0.3) is 0 Å². The number of amides is 1. The van der Waals surface area contributed by atoms with Gasteiger partial charge in [0.05, 0.1) is 10.5 Å². The van der Waals surface area contributed by atoms with E-state index in [-0.39, 0.29) is 24.0 Å². The minimum atomic E-state index is -4.00. The monoisotopic (exact) mass is 474 g/mol. The van der Waals surface area contributed by atoms with Crippen molar-refractivity contribution in [2.75, 3.05) is 13.2 Å². The number of benzene rings is 2. The Morgan fingerprint density at radius 3 is 2.50 bits per heavy atom. The van der Waals surface area contributed by atoms with Gasteiger partial charge >= 0.3 is 5.97 Å². The topological polar surface area (TPSA) is 92.8 Å². The summed E-state index contributed by atoms with van der Waals surface area (Å²) < 4.78 is 33.1. The molecule has 0 radical (unpaired) electrons. The molecular weight excluding hydrogens is 452 g/mol. The lowest BCUT2D eigenvalue weighted by atomic mass is 10.1. The number of ether oxygens (including phenoxy) is 1. The number of nitrogens with zero attached hydrogens (tertiary/aromatic N) is 1. The highest BCUT2D eigenvalue weighted by atomic mass is 35.5. The van der Waals surface area contributed by atoms with Gasteiger partial charge in [-0.3, -0.25) is 4.79 Å². The van der Waals surface area contributed by atoms with E-state index < -0.39 is 22.0 Å². The normalized spacial score (nSPS) is 16.7. The molecule has 1 unspecified atom stereocenters. The van der Waals surface area contributed by atoms with Crippen LogP contribution in [0.1, 0.15) is 35.2 Å². The van der Waals surface area contributed by atoms with Crippen molar-refractivity contribution in [1.29, 1.82) is 0 Å². The Labute approximate surface area is 192 Å². The maximum Gasteiger partial charge on any atom is 0.339 e. The average Bonchev–Trinajstić information content (AvgIpc) is 3.00. The highest BCUT2D eigenvalue weighted by Gasteiger charge is 2.36. The maximum atomic E-state index is 13.5. The lowest BCUT2D eigenvalue weighted by Gasteiger charge is -2.29. The number of halogens is 1. The van der Waals surface area contributed by atoms with Gasteiger partial charge in [0.1, 0.15) is 6.04 Å². The van der Waals surface area contributed by atoms with Crippen LogP contribution in [-0.4, -0.2) is 43.8 Å². The first-order valence-corrected chi connectivity index (χ1v) is 11.9. The third-order valence-corrected chi connectivity index (χ3v) is 7.21. The van der Waals surface area contributed by atoms with Gasteiger partial charge in [-0.2, -0.15) is 4.31 Å². The summed E-state index contributed by atoms with van der Waals surface area (Å²) in [6.45, 7) is 0.339. The summed E-state index contributed by atoms with van der Waals surface area (Å²) in [7, 11) is -4.00. The molecule has 1 N–H and O–H groups in total. The van der Waals surface area contributed by atoms with Crippen LogP contribution in [0.2, 0.25) is 5.02 Å². The van der Waals surface area contributed by atoms with Crippen molar-refractivity contribution >= 4 is 33.5 Å². The van der Waals surface area contributed by atoms with Crippen LogP contribution in [0.4, 0.5) is 0 Å². The predicted octanol–water partition coefficient (Wildman–Crippen LogP) is 2.99. The Kier molecular flexibility index (Phi) is 7.91. The molecule has 1 fully saturated rings. The molecule has 2 aromatic rings. The van der Waals surface area contributed by atoms with Crippen LogP contribution in [0, 0.1) is 12.3 Å². The van der Waals surface area contributed by atoms with Crippen LogP contribution in [-0.2, 0) is 26.1 Å². The molecule has 0 bridgehead atoms. The molecule has 0 aromatic heterocycles. The molecule has 0 spiro atoms. The molecule has 7 nitrogen and oxygen atoms in total. The van der Waals surface area contributed by atoms with Gasteiger partial charge in [0, 0.05) is 18.1 Å². The van der Waals surface area contributed by atoms with Crippen LogP contribution in [0.3, 0.4) is 0 Å². The standard InChI is InChI=1S/C23H23ClN2O5S/c1-2-15-31-23(28)18-8-6-17(7-9-18)16-26(21-5-3-4-14-25-22(21)27)32(29,30)20-12-10-19(24)11-13-20/h1,6-13,21H,3-5,14-16H2,(H,25,27). The van der Waals surface area contributed by atoms with Gasteiger partial charge in [0.15, 0.2) is 6.61 Å². The molecule has 0 aliphatic carbocycles. The summed E-state index contributed by atoms with van der Waals surface area (Å²) >= 11 is 5.92. The van der Waals surface area contributed by atoms with Crippen LogP contribution < -0.4 is 5.32 Å². The first kappa shape index (κ1) is 23.8. The summed E-state index contributed by atoms with van der Waals surface area (Å²) in [6.07, 6.45) is 7.01. The van der Waals surface area contributed by atoms with Crippen molar-refractivity contribution in [1.82, 2.24) is 9.62 Å². The number of esters is 1. The van der Waals surface area contributed by atoms with E-state index in [1.807, 2.05) is 0 Å². The average molecular weight is 475 g/mol. The highest BCUT2D eigenvalue weighted by Crippen LogP contribution is 2.26. The quantitative estimate of drug-likeness (QED) is 0.492. The molecule has 0 saturated carbocycles. The first-order chi connectivity index (χ1) is 15.3. The van der Waals surface area contributed by atoms with Gasteiger partial charge in [-0.15, -0.1) is 6.42 Å². The maximum absolute atomic E-state index is 13.5. The Bertz CT molecular complexity index is 1110. The highest BCUT2D eigenvalue weighted by molar-refractivity contribution is 7.89. The Morgan fingerprint density at radius 1 is 1.16 bits per heavy atom. The molecule has 3 rings (SSSR count). The smallest absolute Gasteiger partial charge is 0.339 e. The number of hydrogen-bond donors (Lipinski definition) is 1. The third kappa shape index (κ3) is 5.68. The molecule has 1 aliphatic rings. The largest absolute Gasteiger partial charge is 0.449 e. The van der Waals surface area contributed by atoms with Gasteiger partial charge < -0.3 is 10.1 Å². The summed E-state index contributed by atoms with van der Waals surface area (Å²) in [5.74, 6) is 1.33. The second kappa shape index (κ2) is 10.6. The van der Waals surface area contributed by atoms with Crippen molar-refractivity contribution in [3.05, 3.63) is 64.7 Å². The Morgan fingerprint density at radius 2 is 1.84 bits per heavy atom. The molecule has 168 valence electrons. The molecule has 1 aliphatic heterocycles. The molecular formula is C23H23ClN2O5S. The van der Waals surface area contributed by atoms with Crippen molar-refractivity contribution < 1.29 is 22.7 Å². The zero-order valence-corrected chi connectivity index (χ0v) is 18.9. The number of nitrogens with one attached hydrogen (secondary N) is 1. The van der Waals surface area contributed by atoms with E-state index in [4.69, 9.17) is 22.8 Å². The van der Waals surface area contributed by atoms with Crippen LogP contribution in [0.5, 0.6) is 0 Å². The fourth-order valence-electron chi connectivity index (χ4n) is 3.42. The second-order valence-corrected chi connectivity index (χ2v) is 9.61. The van der Waals surface area contributed by atoms with E-state index in [2.05, 4.69) is 11.2 Å². The number of terminal acetylenes is 1. The number of rotatable bonds is 7. The predicted molar refractivity (Wildman–Crippen MR) is 120 cm³/mol. The molecule has 32 heavy (non-hydrogen) atoms. The van der Waals surface area contributed by atoms with E-state index in [0.717, 1.165) is 12.8 Å². The minimum Gasteiger partial charge on any atom is -0.449 e. The SMILES string of the molecule is C#CCOC(=O)c1ccc(CN(C2CCCCNC2=O)S(=O)(=O)c2ccc(Cl)cc2)cc1. The van der Waals surface area contributed by atoms with Crippen LogP contribution in [0.15, 0.2) is 53.4 Å². The number of hydrogen-bond acceptors (Lipinski definition) is 5. The number of carbonyl (C=O) groups excluding carboxylic acids is 2. The lowest BCUT2D eigenvalue weighted by molar-refractivity contribution is -0.124. The zero-order chi connectivity index (χ0) is 23.1. The van der Waals surface area contributed by atoms with Gasteiger partial charge in [-0.05, 0) is 61.2 Å². The third-order valence-electron chi connectivity index (χ3n) is 5.09. The molecule has 1 amide bonds. The second-order valence-electron chi connectivity index (χ2n) is 7.28. The fourth-order valence-corrected chi connectivity index (χ4v) is 5.15. The molecule has 1 saturated heterocycles. The fraction of sp³-hybridized carbons (Fsp3) is 0.304. The lowest BCUT2D eigenvalue weighted by Crippen LogP contribution is -2.48. The number of sulfonamides is 1. The van der Waals surface area contributed by atoms with Crippen LogP contribution >= 0.6 is 11.6 Å². The molecule has 1 heterocycles. The summed E-state index contributed by atoms with van der Waals surface area (Å²) in [5.41, 5.74) is 0.913. The zero-order valence-electron chi connectivity index (χ0n) is 17.3. The number of carbonyl (C=O) groups is 2. The minimum absolute atomic E-state index is 0.0390. The van der Waals surface area contributed by atoms with Crippen molar-refractivity contribution in [3.63, 3.8) is 0 Å². The van der Waals surface area contributed by atoms with Gasteiger partial charge in [-0.25, -0.2) is 13.2 Å². The van der Waals surface area contributed by atoms with E-state index in [1.54, 1.807) is 12.1 Å². The van der Waals surface area contributed by atoms with Crippen molar-refractivity contribution in [2.45, 2.75) is 36.7 Å². The molecule has 1 atom stereocenters. The molecule has 2 aromatic carbocycles. The van der Waals surface area contributed by atoms with Crippen molar-refractivity contribution in [3.8, 4) is 12.3 Å². The summed E-state index contributed by atoms with van der Waals surface area (Å²) in [6, 6.07) is 11.3. The summed E-state index contributed by atoms with van der Waals surface area (Å²) in [5, 5.41) is 3.21. The summed E-state index contributed by atoms with van der Waals surface area (Å²) in [4.78, 5) is 24.7. The molecule has 9 heteroatoms. The first-order valence-electron chi connectivity index (χ1n) is 10.1. The van der Waals surface area contributed by atoms with Crippen molar-refractivity contribution in [2.24, 2.45) is 0 Å². The van der Waals surface area contributed by atoms with E-state index >= 15 is 0 Å².